The number of benzene rings is 1. The minimum absolute atomic E-state index is 0.300. The maximum Gasteiger partial charge on any atom is 0.340 e. The lowest BCUT2D eigenvalue weighted by atomic mass is 10.0. The van der Waals surface area contributed by atoms with E-state index in [1.54, 1.807) is 18.2 Å². The number of carbonyl (C=O) groups is 1. The fourth-order valence-corrected chi connectivity index (χ4v) is 1.93. The Morgan fingerprint density at radius 1 is 1.32 bits per heavy atom. The van der Waals surface area contributed by atoms with E-state index in [9.17, 15) is 4.79 Å². The van der Waals surface area contributed by atoms with Crippen LogP contribution in [-0.4, -0.2) is 12.6 Å². The molecule has 1 atom stereocenters. The molecule has 1 rings (SSSR count). The molecule has 0 heterocycles. The third-order valence-corrected chi connectivity index (χ3v) is 3.35. The van der Waals surface area contributed by atoms with Crippen LogP contribution in [0.15, 0.2) is 18.2 Å². The first-order valence-corrected chi connectivity index (χ1v) is 6.91. The highest BCUT2D eigenvalue weighted by molar-refractivity contribution is 5.97. The summed E-state index contributed by atoms with van der Waals surface area (Å²) in [4.78, 5) is 12.0. The molecule has 0 fully saturated rings. The van der Waals surface area contributed by atoms with Crippen molar-refractivity contribution in [3.8, 4) is 0 Å². The summed E-state index contributed by atoms with van der Waals surface area (Å²) in [6.45, 7) is 4.72. The number of carbonyl (C=O) groups excluding carboxylic acids is 1. The van der Waals surface area contributed by atoms with E-state index in [2.05, 4.69) is 13.8 Å². The molecule has 0 aliphatic heterocycles. The first kappa shape index (κ1) is 15.3. The molecule has 106 valence electrons. The van der Waals surface area contributed by atoms with Crippen LogP contribution in [0.2, 0.25) is 0 Å². The average molecular weight is 264 g/mol. The van der Waals surface area contributed by atoms with Crippen LogP contribution in [0.4, 0.5) is 11.4 Å². The van der Waals surface area contributed by atoms with Crippen molar-refractivity contribution < 1.29 is 9.53 Å². The monoisotopic (exact) mass is 264 g/mol. The van der Waals surface area contributed by atoms with Gasteiger partial charge in [-0.3, -0.25) is 0 Å². The summed E-state index contributed by atoms with van der Waals surface area (Å²) < 4.78 is 5.34. The van der Waals surface area contributed by atoms with E-state index in [0.29, 0.717) is 29.5 Å². The van der Waals surface area contributed by atoms with Gasteiger partial charge in [-0.2, -0.15) is 0 Å². The number of nitrogens with two attached hydrogens (primary N) is 2. The molecule has 0 aliphatic carbocycles. The highest BCUT2D eigenvalue weighted by Crippen LogP contribution is 2.21. The Hall–Kier alpha value is -1.71. The number of esters is 1. The Balaban J connectivity index is 2.57. The van der Waals surface area contributed by atoms with E-state index in [1.165, 1.54) is 0 Å². The Morgan fingerprint density at radius 2 is 2.05 bits per heavy atom. The van der Waals surface area contributed by atoms with Crippen molar-refractivity contribution in [1.29, 1.82) is 0 Å². The molecule has 1 aromatic carbocycles. The summed E-state index contributed by atoms with van der Waals surface area (Å²) in [5.41, 5.74) is 12.5. The molecule has 0 saturated heterocycles. The zero-order valence-corrected chi connectivity index (χ0v) is 11.8. The molecule has 4 heteroatoms. The third kappa shape index (κ3) is 4.47. The second-order valence-electron chi connectivity index (χ2n) is 4.82. The molecule has 1 unspecified atom stereocenters. The lowest BCUT2D eigenvalue weighted by molar-refractivity contribution is 0.0429. The van der Waals surface area contributed by atoms with Crippen LogP contribution in [0, 0.1) is 5.92 Å². The second kappa shape index (κ2) is 7.67. The molecule has 4 nitrogen and oxygen atoms in total. The lowest BCUT2D eigenvalue weighted by Gasteiger charge is -2.15. The predicted molar refractivity (Wildman–Crippen MR) is 78.9 cm³/mol. The smallest absolute Gasteiger partial charge is 0.340 e. The highest BCUT2D eigenvalue weighted by Gasteiger charge is 2.15. The molecule has 0 bridgehead atoms. The average Bonchev–Trinajstić information content (AvgIpc) is 2.42. The normalized spacial score (nSPS) is 12.1. The maximum atomic E-state index is 12.0. The number of nitrogen functional groups attached to an aromatic ring is 2. The standard InChI is InChI=1S/C15H24N2O2/c1-3-5-7-11(4-2)10-19-15(18)12-8-6-9-13(16)14(12)17/h6,8-9,11H,3-5,7,10,16-17H2,1-2H3. The van der Waals surface area contributed by atoms with Gasteiger partial charge in [0.2, 0.25) is 0 Å². The van der Waals surface area contributed by atoms with Crippen molar-refractivity contribution in [2.45, 2.75) is 39.5 Å². The Labute approximate surface area is 115 Å². The van der Waals surface area contributed by atoms with Gasteiger partial charge in [0.1, 0.15) is 0 Å². The summed E-state index contributed by atoms with van der Waals surface area (Å²) in [6.07, 6.45) is 4.43. The van der Waals surface area contributed by atoms with Gasteiger partial charge in [0.15, 0.2) is 0 Å². The molecule has 19 heavy (non-hydrogen) atoms. The van der Waals surface area contributed by atoms with Crippen LogP contribution >= 0.6 is 0 Å². The second-order valence-corrected chi connectivity index (χ2v) is 4.82. The predicted octanol–water partition coefficient (Wildman–Crippen LogP) is 3.22. The van der Waals surface area contributed by atoms with Gasteiger partial charge in [0.05, 0.1) is 23.5 Å². The summed E-state index contributed by atoms with van der Waals surface area (Å²) in [5, 5.41) is 0. The van der Waals surface area contributed by atoms with Crippen LogP contribution in [0.5, 0.6) is 0 Å². The fourth-order valence-electron chi connectivity index (χ4n) is 1.93. The zero-order valence-electron chi connectivity index (χ0n) is 11.8. The minimum atomic E-state index is -0.389. The molecular weight excluding hydrogens is 240 g/mol. The largest absolute Gasteiger partial charge is 0.462 e. The first-order valence-electron chi connectivity index (χ1n) is 6.91. The number of para-hydroxylation sites is 1. The van der Waals surface area contributed by atoms with Crippen LogP contribution in [0.1, 0.15) is 49.9 Å². The fraction of sp³-hybridized carbons (Fsp3) is 0.533. The van der Waals surface area contributed by atoms with Gasteiger partial charge in [0, 0.05) is 0 Å². The molecule has 1 aromatic rings. The highest BCUT2D eigenvalue weighted by atomic mass is 16.5. The Bertz CT molecular complexity index is 419. The lowest BCUT2D eigenvalue weighted by Crippen LogP contribution is -2.15. The zero-order chi connectivity index (χ0) is 14.3. The number of unbranched alkanes of at least 4 members (excludes halogenated alkanes) is 1. The van der Waals surface area contributed by atoms with Gasteiger partial charge in [-0.05, 0) is 24.5 Å². The van der Waals surface area contributed by atoms with Crippen molar-refractivity contribution in [2.75, 3.05) is 18.1 Å². The van der Waals surface area contributed by atoms with Crippen molar-refractivity contribution >= 4 is 17.3 Å². The molecule has 0 saturated carbocycles. The number of hydrogen-bond acceptors (Lipinski definition) is 4. The van der Waals surface area contributed by atoms with Crippen molar-refractivity contribution in [2.24, 2.45) is 5.92 Å². The molecule has 0 radical (unpaired) electrons. The molecule has 0 aliphatic rings. The van der Waals surface area contributed by atoms with Gasteiger partial charge >= 0.3 is 5.97 Å². The van der Waals surface area contributed by atoms with Gasteiger partial charge in [-0.1, -0.05) is 39.2 Å². The van der Waals surface area contributed by atoms with Gasteiger partial charge in [-0.15, -0.1) is 0 Å². The molecular formula is C15H24N2O2. The van der Waals surface area contributed by atoms with E-state index in [4.69, 9.17) is 16.2 Å². The van der Waals surface area contributed by atoms with E-state index in [-0.39, 0.29) is 5.97 Å². The number of anilines is 2. The SMILES string of the molecule is CCCCC(CC)COC(=O)c1cccc(N)c1N. The summed E-state index contributed by atoms with van der Waals surface area (Å²) in [6, 6.07) is 5.01. The van der Waals surface area contributed by atoms with Gasteiger partial charge < -0.3 is 16.2 Å². The summed E-state index contributed by atoms with van der Waals surface area (Å²) in [7, 11) is 0. The Kier molecular flexibility index (Phi) is 6.19. The van der Waals surface area contributed by atoms with Gasteiger partial charge in [0.25, 0.3) is 0 Å². The topological polar surface area (TPSA) is 78.3 Å². The van der Waals surface area contributed by atoms with Crippen molar-refractivity contribution in [3.05, 3.63) is 23.8 Å². The molecule has 4 N–H and O–H groups in total. The van der Waals surface area contributed by atoms with Crippen molar-refractivity contribution in [1.82, 2.24) is 0 Å². The van der Waals surface area contributed by atoms with Crippen LogP contribution in [-0.2, 0) is 4.74 Å². The number of ether oxygens (including phenoxy) is 1. The Morgan fingerprint density at radius 3 is 2.68 bits per heavy atom. The van der Waals surface area contributed by atoms with E-state index < -0.39 is 0 Å². The molecule has 0 aromatic heterocycles. The molecule has 0 spiro atoms. The van der Waals surface area contributed by atoms with Crippen LogP contribution in [0.3, 0.4) is 0 Å². The van der Waals surface area contributed by atoms with Crippen LogP contribution < -0.4 is 11.5 Å². The van der Waals surface area contributed by atoms with Gasteiger partial charge in [-0.25, -0.2) is 4.79 Å². The minimum Gasteiger partial charge on any atom is -0.462 e. The third-order valence-electron chi connectivity index (χ3n) is 3.35. The summed E-state index contributed by atoms with van der Waals surface area (Å²) >= 11 is 0. The van der Waals surface area contributed by atoms with Crippen molar-refractivity contribution in [3.63, 3.8) is 0 Å². The number of rotatable bonds is 7. The van der Waals surface area contributed by atoms with E-state index in [0.717, 1.165) is 25.7 Å². The first-order chi connectivity index (χ1) is 9.10. The van der Waals surface area contributed by atoms with E-state index >= 15 is 0 Å². The summed E-state index contributed by atoms with van der Waals surface area (Å²) in [5.74, 6) is 0.0333. The number of hydrogen-bond donors (Lipinski definition) is 2. The van der Waals surface area contributed by atoms with E-state index in [1.807, 2.05) is 0 Å². The quantitative estimate of drug-likeness (QED) is 0.585. The molecule has 0 amide bonds. The van der Waals surface area contributed by atoms with Crippen LogP contribution in [0.25, 0.3) is 0 Å². The maximum absolute atomic E-state index is 12.0.